The van der Waals surface area contributed by atoms with Gasteiger partial charge in [-0.3, -0.25) is 25.2 Å². The minimum atomic E-state index is -0.597. The highest BCUT2D eigenvalue weighted by atomic mass is 35.5. The van der Waals surface area contributed by atoms with E-state index in [2.05, 4.69) is 10.9 Å². The molecule has 0 aliphatic heterocycles. The van der Waals surface area contributed by atoms with E-state index in [1.165, 1.54) is 12.1 Å². The Morgan fingerprint density at radius 3 is 2.59 bits per heavy atom. The van der Waals surface area contributed by atoms with Gasteiger partial charge in [-0.1, -0.05) is 52.7 Å². The predicted octanol–water partition coefficient (Wildman–Crippen LogP) is 3.41. The van der Waals surface area contributed by atoms with Crippen LogP contribution in [0.4, 0.5) is 0 Å². The number of nitrogens with one attached hydrogen (secondary N) is 2. The van der Waals surface area contributed by atoms with Gasteiger partial charge in [0.05, 0.1) is 9.90 Å². The first kappa shape index (κ1) is 19.2. The summed E-state index contributed by atoms with van der Waals surface area (Å²) in [7, 11) is 0. The van der Waals surface area contributed by atoms with Gasteiger partial charge in [-0.15, -0.1) is 0 Å². The molecule has 0 bridgehead atoms. The Labute approximate surface area is 167 Å². The zero-order valence-corrected chi connectivity index (χ0v) is 16.0. The zero-order valence-electron chi connectivity index (χ0n) is 13.6. The summed E-state index contributed by atoms with van der Waals surface area (Å²) in [6.07, 6.45) is 0. The van der Waals surface area contributed by atoms with Gasteiger partial charge in [0.1, 0.15) is 5.75 Å². The number of hydrazine groups is 1. The summed E-state index contributed by atoms with van der Waals surface area (Å²) in [5.41, 5.74) is 4.47. The molecule has 0 saturated carbocycles. The van der Waals surface area contributed by atoms with Crippen molar-refractivity contribution in [3.05, 3.63) is 73.0 Å². The Morgan fingerprint density at radius 1 is 1.04 bits per heavy atom. The molecule has 138 valence electrons. The molecule has 3 aromatic rings. The zero-order chi connectivity index (χ0) is 19.4. The summed E-state index contributed by atoms with van der Waals surface area (Å²) in [5, 5.41) is 1.90. The average molecular weight is 423 g/mol. The number of halogens is 2. The van der Waals surface area contributed by atoms with E-state index in [1.807, 2.05) is 0 Å². The maximum absolute atomic E-state index is 12.2. The number of benzene rings is 2. The summed E-state index contributed by atoms with van der Waals surface area (Å²) in [6.45, 7) is -0.365. The fourth-order valence-corrected chi connectivity index (χ4v) is 3.49. The second-order valence-corrected chi connectivity index (χ2v) is 7.21. The van der Waals surface area contributed by atoms with Gasteiger partial charge in [0.2, 0.25) is 4.74 Å². The normalized spacial score (nSPS) is 10.4. The fraction of sp³-hybridized carbons (Fsp3) is 0.0556. The minimum Gasteiger partial charge on any atom is -0.482 e. The van der Waals surface area contributed by atoms with Crippen molar-refractivity contribution in [3.63, 3.8) is 0 Å². The SMILES string of the molecule is O=C(COc1ccc(Cl)cc1Cl)NNC(=O)c1cc2ccccc2c(=O)s1. The lowest BCUT2D eigenvalue weighted by atomic mass is 10.2. The topological polar surface area (TPSA) is 84.5 Å². The van der Waals surface area contributed by atoms with Crippen LogP contribution in [0.15, 0.2) is 53.3 Å². The van der Waals surface area contributed by atoms with Crippen LogP contribution in [0, 0.1) is 0 Å². The Bertz CT molecular complexity index is 1080. The lowest BCUT2D eigenvalue weighted by Crippen LogP contribution is -2.43. The number of carbonyl (C=O) groups excluding carboxylic acids is 2. The van der Waals surface area contributed by atoms with Crippen molar-refractivity contribution < 1.29 is 14.3 Å². The van der Waals surface area contributed by atoms with E-state index < -0.39 is 11.8 Å². The van der Waals surface area contributed by atoms with Crippen LogP contribution in [-0.4, -0.2) is 18.4 Å². The molecule has 0 radical (unpaired) electrons. The molecule has 0 unspecified atom stereocenters. The molecular formula is C18H12Cl2N2O4S. The Morgan fingerprint density at radius 2 is 1.81 bits per heavy atom. The van der Waals surface area contributed by atoms with Gasteiger partial charge in [0.15, 0.2) is 6.61 Å². The summed E-state index contributed by atoms with van der Waals surface area (Å²) in [4.78, 5) is 36.3. The predicted molar refractivity (Wildman–Crippen MR) is 106 cm³/mol. The molecule has 27 heavy (non-hydrogen) atoms. The van der Waals surface area contributed by atoms with Crippen LogP contribution >= 0.6 is 34.5 Å². The molecule has 0 atom stereocenters. The van der Waals surface area contributed by atoms with E-state index in [9.17, 15) is 14.4 Å². The second kappa shape index (κ2) is 8.39. The number of fused-ring (bicyclic) bond motifs is 1. The van der Waals surface area contributed by atoms with Crippen LogP contribution in [0.3, 0.4) is 0 Å². The first-order valence-electron chi connectivity index (χ1n) is 7.64. The Kier molecular flexibility index (Phi) is 5.95. The van der Waals surface area contributed by atoms with E-state index in [-0.39, 0.29) is 27.0 Å². The minimum absolute atomic E-state index is 0.181. The van der Waals surface area contributed by atoms with Crippen LogP contribution in [0.1, 0.15) is 9.67 Å². The molecule has 0 spiro atoms. The van der Waals surface area contributed by atoms with E-state index >= 15 is 0 Å². The average Bonchev–Trinajstić information content (AvgIpc) is 2.65. The largest absolute Gasteiger partial charge is 0.482 e. The van der Waals surface area contributed by atoms with Crippen LogP contribution in [0.25, 0.3) is 10.8 Å². The Balaban J connectivity index is 1.58. The standard InChI is InChI=1S/C18H12Cl2N2O4S/c19-11-5-6-14(13(20)8-11)26-9-16(23)21-22-17(24)15-7-10-3-1-2-4-12(10)18(25)27-15/h1-8H,9H2,(H,21,23)(H,22,24). The maximum Gasteiger partial charge on any atom is 0.279 e. The van der Waals surface area contributed by atoms with Gasteiger partial charge in [0.25, 0.3) is 11.8 Å². The highest BCUT2D eigenvalue weighted by Gasteiger charge is 2.12. The molecule has 2 aromatic carbocycles. The van der Waals surface area contributed by atoms with Crippen LogP contribution in [0.2, 0.25) is 10.0 Å². The van der Waals surface area contributed by atoms with Crippen molar-refractivity contribution >= 4 is 57.1 Å². The molecule has 0 saturated heterocycles. The molecule has 2 N–H and O–H groups in total. The number of ether oxygens (including phenoxy) is 1. The monoisotopic (exact) mass is 422 g/mol. The van der Waals surface area contributed by atoms with Gasteiger partial charge >= 0.3 is 0 Å². The number of hydrogen-bond acceptors (Lipinski definition) is 5. The summed E-state index contributed by atoms with van der Waals surface area (Å²) >= 11 is 12.5. The van der Waals surface area contributed by atoms with Crippen molar-refractivity contribution in [2.24, 2.45) is 0 Å². The van der Waals surface area contributed by atoms with Gasteiger partial charge < -0.3 is 4.74 Å². The number of rotatable bonds is 4. The van der Waals surface area contributed by atoms with Crippen molar-refractivity contribution in [1.29, 1.82) is 0 Å². The molecule has 1 heterocycles. The molecule has 0 aliphatic rings. The number of amides is 2. The van der Waals surface area contributed by atoms with Crippen molar-refractivity contribution in [2.75, 3.05) is 6.61 Å². The van der Waals surface area contributed by atoms with Gasteiger partial charge in [-0.25, -0.2) is 0 Å². The highest BCUT2D eigenvalue weighted by molar-refractivity contribution is 7.12. The number of hydrogen-bond donors (Lipinski definition) is 2. The van der Waals surface area contributed by atoms with Gasteiger partial charge in [0, 0.05) is 10.4 Å². The summed E-state index contributed by atoms with van der Waals surface area (Å²) in [6, 6.07) is 13.1. The molecule has 3 rings (SSSR count). The van der Waals surface area contributed by atoms with E-state index in [1.54, 1.807) is 36.4 Å². The first-order chi connectivity index (χ1) is 12.9. The van der Waals surface area contributed by atoms with Crippen molar-refractivity contribution in [1.82, 2.24) is 10.9 Å². The van der Waals surface area contributed by atoms with Crippen LogP contribution in [0.5, 0.6) is 5.75 Å². The molecule has 0 aliphatic carbocycles. The van der Waals surface area contributed by atoms with E-state index in [0.717, 1.165) is 11.3 Å². The summed E-state index contributed by atoms with van der Waals surface area (Å²) in [5.74, 6) is -0.904. The molecule has 2 amide bonds. The highest BCUT2D eigenvalue weighted by Crippen LogP contribution is 2.27. The van der Waals surface area contributed by atoms with E-state index in [4.69, 9.17) is 27.9 Å². The smallest absolute Gasteiger partial charge is 0.279 e. The quantitative estimate of drug-likeness (QED) is 0.630. The first-order valence-corrected chi connectivity index (χ1v) is 9.21. The second-order valence-electron chi connectivity index (χ2n) is 5.35. The van der Waals surface area contributed by atoms with E-state index in [0.29, 0.717) is 15.8 Å². The summed E-state index contributed by atoms with van der Waals surface area (Å²) < 4.78 is 5.04. The Hall–Kier alpha value is -2.61. The van der Waals surface area contributed by atoms with Gasteiger partial charge in [-0.05, 0) is 35.7 Å². The van der Waals surface area contributed by atoms with Crippen molar-refractivity contribution in [3.8, 4) is 5.75 Å². The maximum atomic E-state index is 12.2. The molecule has 9 heteroatoms. The van der Waals surface area contributed by atoms with Crippen LogP contribution < -0.4 is 20.3 Å². The molecule has 6 nitrogen and oxygen atoms in total. The van der Waals surface area contributed by atoms with Crippen molar-refractivity contribution in [2.45, 2.75) is 0 Å². The third-order valence-electron chi connectivity index (χ3n) is 3.46. The molecular weight excluding hydrogens is 411 g/mol. The third kappa shape index (κ3) is 4.77. The third-order valence-corrected chi connectivity index (χ3v) is 4.92. The number of carbonyl (C=O) groups is 2. The van der Waals surface area contributed by atoms with Gasteiger partial charge in [-0.2, -0.15) is 0 Å². The molecule has 1 aromatic heterocycles. The molecule has 0 fully saturated rings. The van der Waals surface area contributed by atoms with Crippen LogP contribution in [-0.2, 0) is 4.79 Å². The lowest BCUT2D eigenvalue weighted by Gasteiger charge is -2.10. The lowest BCUT2D eigenvalue weighted by molar-refractivity contribution is -0.123. The fourth-order valence-electron chi connectivity index (χ4n) is 2.21.